The van der Waals surface area contributed by atoms with E-state index in [9.17, 15) is 4.79 Å². The van der Waals surface area contributed by atoms with E-state index >= 15 is 0 Å². The van der Waals surface area contributed by atoms with Crippen LogP contribution in [0.15, 0.2) is 18.2 Å². The van der Waals surface area contributed by atoms with Gasteiger partial charge in [0, 0.05) is 7.05 Å². The van der Waals surface area contributed by atoms with Gasteiger partial charge in [0.25, 0.3) is 5.91 Å². The highest BCUT2D eigenvalue weighted by Crippen LogP contribution is 2.18. The second-order valence-corrected chi connectivity index (χ2v) is 3.05. The fourth-order valence-corrected chi connectivity index (χ4v) is 1.04. The lowest BCUT2D eigenvalue weighted by atomic mass is 10.1. The Morgan fingerprint density at radius 3 is 2.93 bits per heavy atom. The summed E-state index contributed by atoms with van der Waals surface area (Å²) in [4.78, 5) is 10.9. The van der Waals surface area contributed by atoms with Crippen LogP contribution >= 0.6 is 0 Å². The molecule has 0 radical (unpaired) electrons. The van der Waals surface area contributed by atoms with Crippen LogP contribution in [-0.4, -0.2) is 19.6 Å². The van der Waals surface area contributed by atoms with Crippen molar-refractivity contribution in [3.63, 3.8) is 0 Å². The summed E-state index contributed by atoms with van der Waals surface area (Å²) in [6.45, 7) is 1.83. The maximum Gasteiger partial charge on any atom is 0.257 e. The van der Waals surface area contributed by atoms with Crippen molar-refractivity contribution < 1.29 is 9.53 Å². The fraction of sp³-hybridized carbons (Fsp3) is 0.273. The smallest absolute Gasteiger partial charge is 0.257 e. The van der Waals surface area contributed by atoms with Crippen molar-refractivity contribution in [2.75, 3.05) is 13.7 Å². The molecule has 0 heterocycles. The van der Waals surface area contributed by atoms with Gasteiger partial charge in [-0.05, 0) is 24.6 Å². The number of amides is 1. The Morgan fingerprint density at radius 1 is 1.60 bits per heavy atom. The predicted octanol–water partition coefficient (Wildman–Crippen LogP) is 0.991. The topological polar surface area (TPSA) is 62.1 Å². The van der Waals surface area contributed by atoms with Gasteiger partial charge in [0.2, 0.25) is 0 Å². The summed E-state index contributed by atoms with van der Waals surface area (Å²) in [7, 11) is 1.55. The number of rotatable bonds is 3. The molecule has 0 saturated heterocycles. The third-order valence-corrected chi connectivity index (χ3v) is 1.95. The van der Waals surface area contributed by atoms with Gasteiger partial charge in [-0.15, -0.1) is 0 Å². The van der Waals surface area contributed by atoms with Crippen molar-refractivity contribution in [2.45, 2.75) is 6.92 Å². The molecule has 78 valence electrons. The highest BCUT2D eigenvalue weighted by Gasteiger charge is 2.04. The van der Waals surface area contributed by atoms with Crippen molar-refractivity contribution >= 4 is 5.91 Å². The summed E-state index contributed by atoms with van der Waals surface area (Å²) in [5.41, 5.74) is 1.42. The molecule has 0 aromatic heterocycles. The standard InChI is InChI=1S/C11H12N2O2/c1-8-3-4-9(6-12)5-10(8)15-7-11(14)13-2/h3-5H,7H2,1-2H3,(H,13,14). The molecule has 0 fully saturated rings. The molecule has 1 rings (SSSR count). The monoisotopic (exact) mass is 204 g/mol. The number of carbonyl (C=O) groups is 1. The van der Waals surface area contributed by atoms with E-state index in [0.717, 1.165) is 5.56 Å². The van der Waals surface area contributed by atoms with Gasteiger partial charge in [-0.1, -0.05) is 6.07 Å². The van der Waals surface area contributed by atoms with Crippen LogP contribution in [0, 0.1) is 18.3 Å². The van der Waals surface area contributed by atoms with Crippen LogP contribution in [-0.2, 0) is 4.79 Å². The SMILES string of the molecule is CNC(=O)COc1cc(C#N)ccc1C. The molecule has 4 heteroatoms. The molecule has 0 unspecified atom stereocenters. The van der Waals surface area contributed by atoms with Crippen LogP contribution in [0.2, 0.25) is 0 Å². The molecular formula is C11H12N2O2. The van der Waals surface area contributed by atoms with Crippen molar-refractivity contribution in [3.05, 3.63) is 29.3 Å². The molecule has 0 aliphatic rings. The number of nitriles is 1. The van der Waals surface area contributed by atoms with Gasteiger partial charge in [-0.25, -0.2) is 0 Å². The number of benzene rings is 1. The van der Waals surface area contributed by atoms with E-state index in [-0.39, 0.29) is 12.5 Å². The van der Waals surface area contributed by atoms with Gasteiger partial charge < -0.3 is 10.1 Å². The van der Waals surface area contributed by atoms with E-state index < -0.39 is 0 Å². The molecule has 0 aliphatic heterocycles. The second-order valence-electron chi connectivity index (χ2n) is 3.05. The number of hydrogen-bond donors (Lipinski definition) is 1. The number of nitrogens with zero attached hydrogens (tertiary/aromatic N) is 1. The Balaban J connectivity index is 2.76. The summed E-state index contributed by atoms with van der Waals surface area (Å²) < 4.78 is 5.27. The van der Waals surface area contributed by atoms with Crippen LogP contribution in [0.25, 0.3) is 0 Å². The van der Waals surface area contributed by atoms with Gasteiger partial charge >= 0.3 is 0 Å². The molecule has 1 N–H and O–H groups in total. The van der Waals surface area contributed by atoms with E-state index in [0.29, 0.717) is 11.3 Å². The molecule has 15 heavy (non-hydrogen) atoms. The third kappa shape index (κ3) is 2.99. The number of aryl methyl sites for hydroxylation is 1. The normalized spacial score (nSPS) is 9.13. The van der Waals surface area contributed by atoms with Gasteiger partial charge in [0.15, 0.2) is 6.61 Å². The molecule has 4 nitrogen and oxygen atoms in total. The quantitative estimate of drug-likeness (QED) is 0.798. The lowest BCUT2D eigenvalue weighted by molar-refractivity contribution is -0.122. The summed E-state index contributed by atoms with van der Waals surface area (Å²) in [5.74, 6) is 0.370. The number of hydrogen-bond acceptors (Lipinski definition) is 3. The van der Waals surface area contributed by atoms with Crippen LogP contribution < -0.4 is 10.1 Å². The van der Waals surface area contributed by atoms with Crippen molar-refractivity contribution in [1.82, 2.24) is 5.32 Å². The summed E-state index contributed by atoms with van der Waals surface area (Å²) >= 11 is 0. The van der Waals surface area contributed by atoms with E-state index in [2.05, 4.69) is 5.32 Å². The Hall–Kier alpha value is -2.02. The zero-order valence-electron chi connectivity index (χ0n) is 8.70. The third-order valence-electron chi connectivity index (χ3n) is 1.95. The number of ether oxygens (including phenoxy) is 1. The molecular weight excluding hydrogens is 192 g/mol. The first-order chi connectivity index (χ1) is 7.17. The average molecular weight is 204 g/mol. The Kier molecular flexibility index (Phi) is 3.69. The van der Waals surface area contributed by atoms with E-state index in [1.54, 1.807) is 25.2 Å². The second kappa shape index (κ2) is 5.01. The van der Waals surface area contributed by atoms with Crippen molar-refractivity contribution in [2.24, 2.45) is 0 Å². The minimum absolute atomic E-state index is 0.0355. The number of likely N-dealkylation sites (N-methyl/N-ethyl adjacent to an activating group) is 1. The lowest BCUT2D eigenvalue weighted by Crippen LogP contribution is -2.25. The van der Waals surface area contributed by atoms with E-state index in [4.69, 9.17) is 10.00 Å². The van der Waals surface area contributed by atoms with Crippen molar-refractivity contribution in [1.29, 1.82) is 5.26 Å². The van der Waals surface area contributed by atoms with Crippen LogP contribution in [0.5, 0.6) is 5.75 Å². The molecule has 1 amide bonds. The van der Waals surface area contributed by atoms with Gasteiger partial charge in [0.1, 0.15) is 5.75 Å². The highest BCUT2D eigenvalue weighted by atomic mass is 16.5. The zero-order valence-corrected chi connectivity index (χ0v) is 8.70. The average Bonchev–Trinajstić information content (AvgIpc) is 2.27. The lowest BCUT2D eigenvalue weighted by Gasteiger charge is -2.08. The van der Waals surface area contributed by atoms with E-state index in [1.165, 1.54) is 0 Å². The van der Waals surface area contributed by atoms with Crippen LogP contribution in [0.4, 0.5) is 0 Å². The minimum atomic E-state index is -0.197. The Morgan fingerprint density at radius 2 is 2.33 bits per heavy atom. The zero-order chi connectivity index (χ0) is 11.3. The maximum atomic E-state index is 10.9. The molecule has 0 bridgehead atoms. The molecule has 0 saturated carbocycles. The molecule has 1 aromatic carbocycles. The molecule has 0 aliphatic carbocycles. The maximum absolute atomic E-state index is 10.9. The predicted molar refractivity (Wildman–Crippen MR) is 55.5 cm³/mol. The molecule has 0 atom stereocenters. The fourth-order valence-electron chi connectivity index (χ4n) is 1.04. The van der Waals surface area contributed by atoms with Crippen LogP contribution in [0.3, 0.4) is 0 Å². The number of carbonyl (C=O) groups excluding carboxylic acids is 1. The van der Waals surface area contributed by atoms with E-state index in [1.807, 2.05) is 13.0 Å². The molecule has 0 spiro atoms. The largest absolute Gasteiger partial charge is 0.483 e. The summed E-state index contributed by atoms with van der Waals surface area (Å²) in [5, 5.41) is 11.1. The molecule has 1 aromatic rings. The highest BCUT2D eigenvalue weighted by molar-refractivity contribution is 5.77. The first-order valence-electron chi connectivity index (χ1n) is 4.51. The Labute approximate surface area is 88.5 Å². The van der Waals surface area contributed by atoms with Crippen molar-refractivity contribution in [3.8, 4) is 11.8 Å². The summed E-state index contributed by atoms with van der Waals surface area (Å²) in [6.07, 6.45) is 0. The van der Waals surface area contributed by atoms with Gasteiger partial charge in [-0.2, -0.15) is 5.26 Å². The van der Waals surface area contributed by atoms with Gasteiger partial charge in [-0.3, -0.25) is 4.79 Å². The van der Waals surface area contributed by atoms with Gasteiger partial charge in [0.05, 0.1) is 11.6 Å². The first kappa shape index (κ1) is 11.1. The number of nitrogens with one attached hydrogen (secondary N) is 1. The minimum Gasteiger partial charge on any atom is -0.483 e. The Bertz CT molecular complexity index is 408. The summed E-state index contributed by atoms with van der Waals surface area (Å²) in [6, 6.07) is 7.14. The van der Waals surface area contributed by atoms with Crippen LogP contribution in [0.1, 0.15) is 11.1 Å². The first-order valence-corrected chi connectivity index (χ1v) is 4.51.